The van der Waals surface area contributed by atoms with Crippen LogP contribution in [0.25, 0.3) is 11.1 Å². The van der Waals surface area contributed by atoms with Crippen LogP contribution in [0.1, 0.15) is 13.8 Å². The topological polar surface area (TPSA) is 38.7 Å². The first kappa shape index (κ1) is 13.3. The minimum Gasteiger partial charge on any atom is -0.508 e. The van der Waals surface area contributed by atoms with Gasteiger partial charge in [-0.15, -0.1) is 0 Å². The molecule has 2 rings (SSSR count). The highest BCUT2D eigenvalue weighted by Crippen LogP contribution is 2.33. The van der Waals surface area contributed by atoms with E-state index < -0.39 is 0 Å². The second-order valence-electron chi connectivity index (χ2n) is 4.08. The Hall–Kier alpha value is -2.16. The van der Waals surface area contributed by atoms with Gasteiger partial charge in [-0.3, -0.25) is 0 Å². The van der Waals surface area contributed by atoms with E-state index in [2.05, 4.69) is 0 Å². The van der Waals surface area contributed by atoms with Crippen molar-refractivity contribution in [1.82, 2.24) is 0 Å². The van der Waals surface area contributed by atoms with E-state index in [1.54, 1.807) is 12.1 Å². The fraction of sp³-hybridized carbons (Fsp3) is 0.250. The summed E-state index contributed by atoms with van der Waals surface area (Å²) in [6.07, 6.45) is 0. The molecule has 0 bridgehead atoms. The number of benzene rings is 2. The zero-order valence-corrected chi connectivity index (χ0v) is 11.2. The van der Waals surface area contributed by atoms with Crippen LogP contribution < -0.4 is 9.47 Å². The summed E-state index contributed by atoms with van der Waals surface area (Å²) in [5.74, 6) is 1.72. The van der Waals surface area contributed by atoms with Crippen LogP contribution in [0.2, 0.25) is 0 Å². The quantitative estimate of drug-likeness (QED) is 0.885. The van der Waals surface area contributed by atoms with Crippen molar-refractivity contribution in [3.63, 3.8) is 0 Å². The minimum atomic E-state index is 0.254. The van der Waals surface area contributed by atoms with Crippen LogP contribution in [-0.2, 0) is 0 Å². The predicted molar refractivity (Wildman–Crippen MR) is 75.9 cm³/mol. The van der Waals surface area contributed by atoms with E-state index >= 15 is 0 Å². The molecule has 0 heterocycles. The Bertz CT molecular complexity index is 549. The number of ether oxygens (including phenoxy) is 2. The molecule has 0 aliphatic heterocycles. The molecular weight excluding hydrogens is 240 g/mol. The molecule has 0 saturated carbocycles. The maximum Gasteiger partial charge on any atom is 0.161 e. The van der Waals surface area contributed by atoms with Gasteiger partial charge < -0.3 is 14.6 Å². The van der Waals surface area contributed by atoms with Crippen LogP contribution in [0, 0.1) is 0 Å². The Balaban J connectivity index is 2.39. The van der Waals surface area contributed by atoms with E-state index in [0.717, 1.165) is 22.6 Å². The van der Waals surface area contributed by atoms with Gasteiger partial charge in [-0.25, -0.2) is 0 Å². The Labute approximate surface area is 113 Å². The van der Waals surface area contributed by atoms with Crippen molar-refractivity contribution in [2.24, 2.45) is 0 Å². The van der Waals surface area contributed by atoms with Crippen molar-refractivity contribution in [3.8, 4) is 28.4 Å². The minimum absolute atomic E-state index is 0.254. The third-order valence-electron chi connectivity index (χ3n) is 2.72. The Morgan fingerprint density at radius 2 is 1.53 bits per heavy atom. The van der Waals surface area contributed by atoms with Crippen LogP contribution >= 0.6 is 0 Å². The first-order valence-electron chi connectivity index (χ1n) is 6.43. The largest absolute Gasteiger partial charge is 0.508 e. The maximum absolute atomic E-state index is 9.53. The predicted octanol–water partition coefficient (Wildman–Crippen LogP) is 3.86. The molecule has 0 aliphatic carbocycles. The van der Waals surface area contributed by atoms with E-state index in [1.165, 1.54) is 0 Å². The molecule has 2 aromatic rings. The first-order valence-corrected chi connectivity index (χ1v) is 6.43. The highest BCUT2D eigenvalue weighted by Gasteiger charge is 2.07. The fourth-order valence-electron chi connectivity index (χ4n) is 1.92. The summed E-state index contributed by atoms with van der Waals surface area (Å²) < 4.78 is 11.1. The SMILES string of the molecule is CCOc1ccc(-c2cccc(O)c2)cc1OCC. The Kier molecular flexibility index (Phi) is 4.29. The maximum atomic E-state index is 9.53. The Morgan fingerprint density at radius 3 is 2.21 bits per heavy atom. The molecule has 100 valence electrons. The molecule has 0 aliphatic rings. The molecule has 0 saturated heterocycles. The van der Waals surface area contributed by atoms with Crippen molar-refractivity contribution < 1.29 is 14.6 Å². The van der Waals surface area contributed by atoms with Crippen LogP contribution in [0.3, 0.4) is 0 Å². The highest BCUT2D eigenvalue weighted by molar-refractivity contribution is 5.68. The smallest absolute Gasteiger partial charge is 0.161 e. The lowest BCUT2D eigenvalue weighted by Crippen LogP contribution is -1.98. The lowest BCUT2D eigenvalue weighted by molar-refractivity contribution is 0.288. The van der Waals surface area contributed by atoms with Crippen molar-refractivity contribution in [2.45, 2.75) is 13.8 Å². The molecule has 19 heavy (non-hydrogen) atoms. The van der Waals surface area contributed by atoms with Crippen LogP contribution in [-0.4, -0.2) is 18.3 Å². The van der Waals surface area contributed by atoms with Gasteiger partial charge in [0.25, 0.3) is 0 Å². The average Bonchev–Trinajstić information content (AvgIpc) is 2.41. The van der Waals surface area contributed by atoms with E-state index in [0.29, 0.717) is 13.2 Å². The Morgan fingerprint density at radius 1 is 0.842 bits per heavy atom. The lowest BCUT2D eigenvalue weighted by Gasteiger charge is -2.12. The van der Waals surface area contributed by atoms with Gasteiger partial charge in [-0.2, -0.15) is 0 Å². The van der Waals surface area contributed by atoms with Gasteiger partial charge >= 0.3 is 0 Å². The summed E-state index contributed by atoms with van der Waals surface area (Å²) >= 11 is 0. The first-order chi connectivity index (χ1) is 9.24. The zero-order chi connectivity index (χ0) is 13.7. The lowest BCUT2D eigenvalue weighted by atomic mass is 10.0. The number of hydrogen-bond acceptors (Lipinski definition) is 3. The number of rotatable bonds is 5. The van der Waals surface area contributed by atoms with Gasteiger partial charge in [0, 0.05) is 0 Å². The molecule has 3 nitrogen and oxygen atoms in total. The number of phenols is 1. The fourth-order valence-corrected chi connectivity index (χ4v) is 1.92. The molecular formula is C16H18O3. The van der Waals surface area contributed by atoms with Crippen molar-refractivity contribution in [2.75, 3.05) is 13.2 Å². The molecule has 0 aromatic heterocycles. The van der Waals surface area contributed by atoms with Crippen molar-refractivity contribution in [3.05, 3.63) is 42.5 Å². The van der Waals surface area contributed by atoms with E-state index in [-0.39, 0.29) is 5.75 Å². The monoisotopic (exact) mass is 258 g/mol. The summed E-state index contributed by atoms with van der Waals surface area (Å²) in [7, 11) is 0. The molecule has 0 fully saturated rings. The van der Waals surface area contributed by atoms with Crippen LogP contribution in [0.4, 0.5) is 0 Å². The van der Waals surface area contributed by atoms with E-state index in [1.807, 2.05) is 44.2 Å². The standard InChI is InChI=1S/C16H18O3/c1-3-18-15-9-8-13(11-16(15)19-4-2)12-6-5-7-14(17)10-12/h5-11,17H,3-4H2,1-2H3. The molecule has 1 N–H and O–H groups in total. The van der Waals surface area contributed by atoms with Crippen molar-refractivity contribution >= 4 is 0 Å². The van der Waals surface area contributed by atoms with Gasteiger partial charge in [0.05, 0.1) is 13.2 Å². The molecule has 3 heteroatoms. The van der Waals surface area contributed by atoms with E-state index in [4.69, 9.17) is 9.47 Å². The molecule has 0 unspecified atom stereocenters. The average molecular weight is 258 g/mol. The van der Waals surface area contributed by atoms with Gasteiger partial charge in [0.1, 0.15) is 5.75 Å². The zero-order valence-electron chi connectivity index (χ0n) is 11.2. The van der Waals surface area contributed by atoms with Crippen molar-refractivity contribution in [1.29, 1.82) is 0 Å². The highest BCUT2D eigenvalue weighted by atomic mass is 16.5. The number of hydrogen-bond donors (Lipinski definition) is 1. The molecule has 0 atom stereocenters. The van der Waals surface area contributed by atoms with Crippen LogP contribution in [0.5, 0.6) is 17.2 Å². The second kappa shape index (κ2) is 6.14. The molecule has 2 aromatic carbocycles. The van der Waals surface area contributed by atoms with Gasteiger partial charge in [0.2, 0.25) is 0 Å². The van der Waals surface area contributed by atoms with Gasteiger partial charge in [0.15, 0.2) is 11.5 Å². The summed E-state index contributed by atoms with van der Waals surface area (Å²) in [5.41, 5.74) is 1.94. The molecule has 0 spiro atoms. The molecule has 0 amide bonds. The summed E-state index contributed by atoms with van der Waals surface area (Å²) in [6.45, 7) is 5.07. The van der Waals surface area contributed by atoms with Crippen LogP contribution in [0.15, 0.2) is 42.5 Å². The summed E-state index contributed by atoms with van der Waals surface area (Å²) in [4.78, 5) is 0. The second-order valence-corrected chi connectivity index (χ2v) is 4.08. The third kappa shape index (κ3) is 3.19. The van der Waals surface area contributed by atoms with Gasteiger partial charge in [-0.1, -0.05) is 18.2 Å². The third-order valence-corrected chi connectivity index (χ3v) is 2.72. The summed E-state index contributed by atoms with van der Waals surface area (Å²) in [5, 5.41) is 9.53. The molecule has 0 radical (unpaired) electrons. The number of aromatic hydroxyl groups is 1. The summed E-state index contributed by atoms with van der Waals surface area (Å²) in [6, 6.07) is 12.9. The van der Waals surface area contributed by atoms with Gasteiger partial charge in [-0.05, 0) is 49.2 Å². The van der Waals surface area contributed by atoms with E-state index in [9.17, 15) is 5.11 Å². The normalized spacial score (nSPS) is 10.2. The number of phenolic OH excluding ortho intramolecular Hbond substituents is 1.